The number of anilines is 1. The van der Waals surface area contributed by atoms with Crippen molar-refractivity contribution in [2.45, 2.75) is 25.9 Å². The number of alkyl halides is 3. The Balaban J connectivity index is 1.75. The maximum absolute atomic E-state index is 13.4. The molecule has 4 rings (SSSR count). The van der Waals surface area contributed by atoms with Gasteiger partial charge in [0.05, 0.1) is 24.1 Å². The first-order valence-electron chi connectivity index (χ1n) is 9.57. The van der Waals surface area contributed by atoms with Gasteiger partial charge in [0.1, 0.15) is 11.4 Å². The molecule has 1 aromatic heterocycles. The number of hydrogen-bond donors (Lipinski definition) is 0. The molecule has 0 atom stereocenters. The Bertz CT molecular complexity index is 1070. The number of benzene rings is 2. The summed E-state index contributed by atoms with van der Waals surface area (Å²) in [6, 6.07) is 11.9. The molecular formula is C22H20F3N3O2. The monoisotopic (exact) mass is 415 g/mol. The Morgan fingerprint density at radius 3 is 2.23 bits per heavy atom. The van der Waals surface area contributed by atoms with Crippen LogP contribution >= 0.6 is 0 Å². The summed E-state index contributed by atoms with van der Waals surface area (Å²) in [5.41, 5.74) is 2.44. The summed E-state index contributed by atoms with van der Waals surface area (Å²) in [6.07, 6.45) is -3.17. The van der Waals surface area contributed by atoms with Gasteiger partial charge in [-0.05, 0) is 61.4 Å². The van der Waals surface area contributed by atoms with Crippen LogP contribution in [0.4, 0.5) is 18.9 Å². The van der Waals surface area contributed by atoms with Crippen LogP contribution in [0.3, 0.4) is 0 Å². The predicted molar refractivity (Wildman–Crippen MR) is 106 cm³/mol. The molecule has 30 heavy (non-hydrogen) atoms. The second-order valence-corrected chi connectivity index (χ2v) is 6.99. The van der Waals surface area contributed by atoms with E-state index in [1.54, 1.807) is 36.3 Å². The molecule has 0 aliphatic carbocycles. The van der Waals surface area contributed by atoms with E-state index < -0.39 is 11.7 Å². The minimum Gasteiger partial charge on any atom is -0.497 e. The molecule has 0 saturated heterocycles. The van der Waals surface area contributed by atoms with Gasteiger partial charge in [-0.3, -0.25) is 4.79 Å². The van der Waals surface area contributed by atoms with Gasteiger partial charge in [0.25, 0.3) is 5.91 Å². The molecule has 5 nitrogen and oxygen atoms in total. The fraction of sp³-hybridized carbons (Fsp3) is 0.273. The third-order valence-corrected chi connectivity index (χ3v) is 5.26. The van der Waals surface area contributed by atoms with E-state index in [1.807, 2.05) is 6.92 Å². The highest BCUT2D eigenvalue weighted by molar-refractivity contribution is 6.07. The molecule has 0 spiro atoms. The molecule has 0 radical (unpaired) electrons. The van der Waals surface area contributed by atoms with Crippen LogP contribution in [-0.2, 0) is 19.0 Å². The van der Waals surface area contributed by atoms with Crippen molar-refractivity contribution in [1.29, 1.82) is 0 Å². The Morgan fingerprint density at radius 1 is 1.03 bits per heavy atom. The Labute approximate surface area is 171 Å². The van der Waals surface area contributed by atoms with Crippen molar-refractivity contribution in [2.75, 3.05) is 18.6 Å². The summed E-state index contributed by atoms with van der Waals surface area (Å²) in [4.78, 5) is 15.0. The van der Waals surface area contributed by atoms with Gasteiger partial charge in [0, 0.05) is 17.8 Å². The second-order valence-electron chi connectivity index (χ2n) is 6.99. The normalized spacial score (nSPS) is 14.0. The van der Waals surface area contributed by atoms with Crippen molar-refractivity contribution in [1.82, 2.24) is 9.78 Å². The Morgan fingerprint density at radius 2 is 1.67 bits per heavy atom. The van der Waals surface area contributed by atoms with Crippen molar-refractivity contribution in [2.24, 2.45) is 0 Å². The number of aryl methyl sites for hydroxylation is 1. The lowest BCUT2D eigenvalue weighted by Gasteiger charge is -2.28. The molecule has 2 aromatic carbocycles. The van der Waals surface area contributed by atoms with Crippen molar-refractivity contribution in [3.63, 3.8) is 0 Å². The van der Waals surface area contributed by atoms with Crippen LogP contribution in [-0.4, -0.2) is 29.3 Å². The number of carbonyl (C=O) groups excluding carboxylic acids is 1. The zero-order valence-electron chi connectivity index (χ0n) is 16.5. The Kier molecular flexibility index (Phi) is 5.01. The van der Waals surface area contributed by atoms with Crippen LogP contribution in [0, 0.1) is 0 Å². The summed E-state index contributed by atoms with van der Waals surface area (Å²) < 4.78 is 45.4. The zero-order valence-corrected chi connectivity index (χ0v) is 16.5. The molecular weight excluding hydrogens is 395 g/mol. The van der Waals surface area contributed by atoms with Crippen LogP contribution in [0.15, 0.2) is 48.5 Å². The van der Waals surface area contributed by atoms with Crippen LogP contribution in [0.1, 0.15) is 34.2 Å². The lowest BCUT2D eigenvalue weighted by atomic mass is 10.0. The van der Waals surface area contributed by atoms with E-state index in [9.17, 15) is 18.0 Å². The van der Waals surface area contributed by atoms with Crippen molar-refractivity contribution < 1.29 is 22.7 Å². The van der Waals surface area contributed by atoms with Gasteiger partial charge in [-0.25, -0.2) is 4.68 Å². The lowest BCUT2D eigenvalue weighted by molar-refractivity contribution is -0.137. The Hall–Kier alpha value is -3.29. The van der Waals surface area contributed by atoms with E-state index in [2.05, 4.69) is 5.10 Å². The number of hydrogen-bond acceptors (Lipinski definition) is 3. The molecule has 0 fully saturated rings. The van der Waals surface area contributed by atoms with E-state index >= 15 is 0 Å². The number of aromatic nitrogens is 2. The molecule has 0 bridgehead atoms. The number of nitrogens with zero attached hydrogens (tertiary/aromatic N) is 3. The van der Waals surface area contributed by atoms with Crippen LogP contribution < -0.4 is 9.64 Å². The lowest BCUT2D eigenvalue weighted by Crippen LogP contribution is -2.38. The highest BCUT2D eigenvalue weighted by Gasteiger charge is 2.33. The van der Waals surface area contributed by atoms with Gasteiger partial charge in [-0.15, -0.1) is 0 Å². The number of amides is 1. The number of ether oxygens (including phenoxy) is 1. The summed E-state index contributed by atoms with van der Waals surface area (Å²) in [5, 5.41) is 4.55. The number of methoxy groups -OCH3 is 1. The van der Waals surface area contributed by atoms with Gasteiger partial charge in [0.15, 0.2) is 0 Å². The first kappa shape index (κ1) is 20.0. The molecule has 0 saturated carbocycles. The molecule has 1 aliphatic rings. The fourth-order valence-electron chi connectivity index (χ4n) is 3.70. The van der Waals surface area contributed by atoms with E-state index in [1.165, 1.54) is 16.8 Å². The van der Waals surface area contributed by atoms with E-state index in [0.29, 0.717) is 36.5 Å². The second kappa shape index (κ2) is 7.51. The molecule has 0 N–H and O–H groups in total. The first-order valence-corrected chi connectivity index (χ1v) is 9.57. The summed E-state index contributed by atoms with van der Waals surface area (Å²) in [5.74, 6) is 0.459. The van der Waals surface area contributed by atoms with Crippen molar-refractivity contribution >= 4 is 11.6 Å². The fourth-order valence-corrected chi connectivity index (χ4v) is 3.70. The quantitative estimate of drug-likeness (QED) is 0.623. The van der Waals surface area contributed by atoms with Gasteiger partial charge in [-0.2, -0.15) is 18.3 Å². The predicted octanol–water partition coefficient (Wildman–Crippen LogP) is 4.67. The number of fused-ring (bicyclic) bond motifs is 1. The van der Waals surface area contributed by atoms with Crippen LogP contribution in [0.2, 0.25) is 0 Å². The minimum atomic E-state index is -4.42. The third-order valence-electron chi connectivity index (χ3n) is 5.26. The van der Waals surface area contributed by atoms with Crippen LogP contribution in [0.25, 0.3) is 5.69 Å². The van der Waals surface area contributed by atoms with E-state index in [-0.39, 0.29) is 5.91 Å². The molecule has 3 aromatic rings. The first-order chi connectivity index (χ1) is 14.3. The largest absolute Gasteiger partial charge is 0.497 e. The molecule has 2 heterocycles. The minimum absolute atomic E-state index is 0.228. The number of halogens is 3. The average Bonchev–Trinajstić information content (AvgIpc) is 3.13. The van der Waals surface area contributed by atoms with E-state index in [0.717, 1.165) is 29.1 Å². The molecule has 156 valence electrons. The summed E-state index contributed by atoms with van der Waals surface area (Å²) in [7, 11) is 1.57. The van der Waals surface area contributed by atoms with Crippen molar-refractivity contribution in [3.05, 3.63) is 71.0 Å². The number of carbonyl (C=O) groups is 1. The topological polar surface area (TPSA) is 47.4 Å². The highest BCUT2D eigenvalue weighted by atomic mass is 19.4. The van der Waals surface area contributed by atoms with Crippen molar-refractivity contribution in [3.8, 4) is 11.4 Å². The smallest absolute Gasteiger partial charge is 0.416 e. The SMILES string of the molecule is CCc1nn(-c2ccc(C(F)(F)F)cc2)c2c1CCN(c1ccc(OC)cc1)C2=O. The van der Waals surface area contributed by atoms with Gasteiger partial charge >= 0.3 is 6.18 Å². The highest BCUT2D eigenvalue weighted by Crippen LogP contribution is 2.32. The van der Waals surface area contributed by atoms with Gasteiger partial charge in [-0.1, -0.05) is 6.92 Å². The third kappa shape index (κ3) is 3.42. The molecule has 1 amide bonds. The summed E-state index contributed by atoms with van der Waals surface area (Å²) >= 11 is 0. The maximum Gasteiger partial charge on any atom is 0.416 e. The molecule has 0 unspecified atom stereocenters. The maximum atomic E-state index is 13.4. The zero-order chi connectivity index (χ0) is 21.5. The van der Waals surface area contributed by atoms with Gasteiger partial charge in [0.2, 0.25) is 0 Å². The molecule has 1 aliphatic heterocycles. The van der Waals surface area contributed by atoms with E-state index in [4.69, 9.17) is 4.74 Å². The standard InChI is InChI=1S/C22H20F3N3O2/c1-3-19-18-12-13-27(15-8-10-17(30-2)11-9-15)21(29)20(18)28(26-19)16-6-4-14(5-7-16)22(23,24)25/h4-11H,3,12-13H2,1-2H3. The van der Waals surface area contributed by atoms with Gasteiger partial charge < -0.3 is 9.64 Å². The average molecular weight is 415 g/mol. The number of rotatable bonds is 4. The van der Waals surface area contributed by atoms with Crippen LogP contribution in [0.5, 0.6) is 5.75 Å². The summed E-state index contributed by atoms with van der Waals surface area (Å²) in [6.45, 7) is 2.45. The molecule has 8 heteroatoms.